The van der Waals surface area contributed by atoms with E-state index in [4.69, 9.17) is 16.1 Å². The molecule has 6 rings (SSSR count). The largest absolute Gasteiger partial charge is 0.392 e. The Morgan fingerprint density at radius 2 is 2.12 bits per heavy atom. The van der Waals surface area contributed by atoms with Crippen LogP contribution in [-0.4, -0.2) is 59.8 Å². The smallest absolute Gasteiger partial charge is 0.277 e. The first kappa shape index (κ1) is 20.8. The zero-order chi connectivity index (χ0) is 22.7. The third kappa shape index (κ3) is 3.46. The van der Waals surface area contributed by atoms with Gasteiger partial charge in [0, 0.05) is 25.0 Å². The number of piperidine rings is 1. The van der Waals surface area contributed by atoms with E-state index in [2.05, 4.69) is 26.9 Å². The van der Waals surface area contributed by atoms with Crippen LogP contribution in [0.2, 0.25) is 5.02 Å². The summed E-state index contributed by atoms with van der Waals surface area (Å²) in [6, 6.07) is 5.57. The zero-order valence-electron chi connectivity index (χ0n) is 18.4. The van der Waals surface area contributed by atoms with E-state index in [0.717, 1.165) is 37.7 Å². The Hall–Kier alpha value is -2.75. The molecule has 0 amide bonds. The molecule has 1 saturated carbocycles. The molecule has 1 saturated heterocycles. The number of imidazole rings is 1. The van der Waals surface area contributed by atoms with Gasteiger partial charge in [-0.2, -0.15) is 4.98 Å². The van der Waals surface area contributed by atoms with Crippen molar-refractivity contribution < 1.29 is 9.63 Å². The van der Waals surface area contributed by atoms with Gasteiger partial charge in [0.25, 0.3) is 5.56 Å². The molecule has 10 heteroatoms. The van der Waals surface area contributed by atoms with E-state index in [1.165, 1.54) is 0 Å². The van der Waals surface area contributed by atoms with Crippen molar-refractivity contribution in [2.75, 3.05) is 19.6 Å². The Kier molecular flexibility index (Phi) is 4.83. The van der Waals surface area contributed by atoms with Crippen molar-refractivity contribution in [2.45, 2.75) is 50.7 Å². The standard InChI is InChI=1S/C23H25ClN6O3/c1-23(7-8-23)22-26-20(27-33-22)17-19-21(32)29(11-10-28-9-3-4-14(31)12-28)18-15(24)5-2-6-16(18)30(19)13-25-17/h2,5-6,13-14,31H,3-4,7-12H2,1H3. The first-order chi connectivity index (χ1) is 15.9. The lowest BCUT2D eigenvalue weighted by molar-refractivity contribution is 0.0690. The van der Waals surface area contributed by atoms with Gasteiger partial charge in [0.05, 0.1) is 22.2 Å². The van der Waals surface area contributed by atoms with Gasteiger partial charge in [-0.3, -0.25) is 14.1 Å². The number of aliphatic hydroxyl groups excluding tert-OH is 1. The van der Waals surface area contributed by atoms with Gasteiger partial charge in [0.15, 0.2) is 0 Å². The fourth-order valence-corrected chi connectivity index (χ4v) is 5.02. The quantitative estimate of drug-likeness (QED) is 0.480. The number of hydrogen-bond donors (Lipinski definition) is 1. The second-order valence-electron chi connectivity index (χ2n) is 9.46. The normalized spacial score (nSPS) is 20.6. The summed E-state index contributed by atoms with van der Waals surface area (Å²) in [5.74, 6) is 0.913. The van der Waals surface area contributed by atoms with E-state index in [9.17, 15) is 9.90 Å². The molecule has 2 aliphatic rings. The predicted molar refractivity (Wildman–Crippen MR) is 124 cm³/mol. The Labute approximate surface area is 194 Å². The van der Waals surface area contributed by atoms with Gasteiger partial charge in [-0.15, -0.1) is 0 Å². The van der Waals surface area contributed by atoms with E-state index in [1.807, 2.05) is 12.1 Å². The second kappa shape index (κ2) is 7.65. The monoisotopic (exact) mass is 468 g/mol. The van der Waals surface area contributed by atoms with E-state index in [1.54, 1.807) is 21.4 Å². The fourth-order valence-electron chi connectivity index (χ4n) is 4.75. The number of halogens is 1. The second-order valence-corrected chi connectivity index (χ2v) is 9.86. The van der Waals surface area contributed by atoms with E-state index < -0.39 is 0 Å². The third-order valence-corrected chi connectivity index (χ3v) is 7.29. The molecule has 0 bridgehead atoms. The summed E-state index contributed by atoms with van der Waals surface area (Å²) < 4.78 is 8.98. The SMILES string of the molecule is CC1(c2nc(-c3ncn4c3c(=O)n(CCN3CCCC(O)C3)c3c(Cl)cccc34)no2)CC1. The van der Waals surface area contributed by atoms with Crippen LogP contribution in [0.5, 0.6) is 0 Å². The van der Waals surface area contributed by atoms with Crippen molar-refractivity contribution in [3.8, 4) is 11.5 Å². The summed E-state index contributed by atoms with van der Waals surface area (Å²) in [7, 11) is 0. The number of fused-ring (bicyclic) bond motifs is 3. The molecule has 1 atom stereocenters. The van der Waals surface area contributed by atoms with Gasteiger partial charge in [-0.1, -0.05) is 29.7 Å². The van der Waals surface area contributed by atoms with Gasteiger partial charge in [0.2, 0.25) is 11.7 Å². The average Bonchev–Trinajstić information content (AvgIpc) is 3.20. The number of hydrogen-bond acceptors (Lipinski definition) is 7. The summed E-state index contributed by atoms with van der Waals surface area (Å²) in [4.78, 5) is 25.0. The van der Waals surface area contributed by atoms with Crippen molar-refractivity contribution in [2.24, 2.45) is 0 Å². The number of aromatic nitrogens is 5. The first-order valence-corrected chi connectivity index (χ1v) is 11.8. The molecule has 1 unspecified atom stereocenters. The van der Waals surface area contributed by atoms with Crippen LogP contribution in [-0.2, 0) is 12.0 Å². The molecule has 1 aliphatic heterocycles. The molecule has 4 heterocycles. The molecule has 33 heavy (non-hydrogen) atoms. The van der Waals surface area contributed by atoms with Crippen LogP contribution < -0.4 is 5.56 Å². The molecular formula is C23H25ClN6O3. The number of β-amino-alcohol motifs (C(OH)–C–C–N with tert-alkyl or cyclic N) is 1. The minimum Gasteiger partial charge on any atom is -0.392 e. The summed E-state index contributed by atoms with van der Waals surface area (Å²) in [6.45, 7) is 4.70. The number of benzene rings is 1. The molecule has 2 fully saturated rings. The maximum Gasteiger partial charge on any atom is 0.277 e. The molecule has 1 aliphatic carbocycles. The topological polar surface area (TPSA) is 102 Å². The number of rotatable bonds is 5. The lowest BCUT2D eigenvalue weighted by Gasteiger charge is -2.30. The zero-order valence-corrected chi connectivity index (χ0v) is 19.1. The first-order valence-electron chi connectivity index (χ1n) is 11.4. The predicted octanol–water partition coefficient (Wildman–Crippen LogP) is 2.86. The summed E-state index contributed by atoms with van der Waals surface area (Å²) >= 11 is 6.58. The van der Waals surface area contributed by atoms with Crippen LogP contribution in [0.25, 0.3) is 28.1 Å². The van der Waals surface area contributed by atoms with Crippen LogP contribution >= 0.6 is 11.6 Å². The van der Waals surface area contributed by atoms with E-state index in [0.29, 0.717) is 53.1 Å². The number of nitrogens with zero attached hydrogens (tertiary/aromatic N) is 6. The van der Waals surface area contributed by atoms with Crippen LogP contribution in [0.1, 0.15) is 38.5 Å². The highest BCUT2D eigenvalue weighted by Gasteiger charge is 2.44. The molecule has 1 aromatic carbocycles. The molecule has 4 aromatic rings. The highest BCUT2D eigenvalue weighted by atomic mass is 35.5. The lowest BCUT2D eigenvalue weighted by Crippen LogP contribution is -2.41. The summed E-state index contributed by atoms with van der Waals surface area (Å²) in [5.41, 5.74) is 1.98. The van der Waals surface area contributed by atoms with Crippen LogP contribution in [0, 0.1) is 0 Å². The Balaban J connectivity index is 1.48. The van der Waals surface area contributed by atoms with Gasteiger partial charge in [-0.25, -0.2) is 4.98 Å². The van der Waals surface area contributed by atoms with Crippen molar-refractivity contribution in [1.82, 2.24) is 29.0 Å². The Morgan fingerprint density at radius 3 is 2.91 bits per heavy atom. The highest BCUT2D eigenvalue weighted by molar-refractivity contribution is 6.35. The number of para-hydroxylation sites is 1. The third-order valence-electron chi connectivity index (χ3n) is 6.98. The average molecular weight is 469 g/mol. The molecule has 0 radical (unpaired) electrons. The van der Waals surface area contributed by atoms with Gasteiger partial charge in [0.1, 0.15) is 17.5 Å². The van der Waals surface area contributed by atoms with Crippen molar-refractivity contribution in [3.63, 3.8) is 0 Å². The molecule has 3 aromatic heterocycles. The minimum atomic E-state index is -0.319. The van der Waals surface area contributed by atoms with E-state index in [-0.39, 0.29) is 17.1 Å². The molecule has 0 spiro atoms. The van der Waals surface area contributed by atoms with Crippen LogP contribution in [0.4, 0.5) is 0 Å². The maximum absolute atomic E-state index is 13.8. The van der Waals surface area contributed by atoms with Gasteiger partial charge in [-0.05, 0) is 44.4 Å². The summed E-state index contributed by atoms with van der Waals surface area (Å²) in [6.07, 6.45) is 5.09. The fraction of sp³-hybridized carbons (Fsp3) is 0.478. The van der Waals surface area contributed by atoms with Crippen molar-refractivity contribution in [3.05, 3.63) is 45.8 Å². The Bertz CT molecular complexity index is 1420. The molecular weight excluding hydrogens is 444 g/mol. The molecule has 9 nitrogen and oxygen atoms in total. The van der Waals surface area contributed by atoms with Crippen molar-refractivity contribution >= 4 is 28.2 Å². The molecule has 1 N–H and O–H groups in total. The van der Waals surface area contributed by atoms with Crippen molar-refractivity contribution in [1.29, 1.82) is 0 Å². The van der Waals surface area contributed by atoms with Crippen LogP contribution in [0.3, 0.4) is 0 Å². The number of aliphatic hydroxyl groups is 1. The Morgan fingerprint density at radius 1 is 1.27 bits per heavy atom. The maximum atomic E-state index is 13.8. The van der Waals surface area contributed by atoms with E-state index >= 15 is 0 Å². The highest BCUT2D eigenvalue weighted by Crippen LogP contribution is 2.47. The van der Waals surface area contributed by atoms with Crippen LogP contribution in [0.15, 0.2) is 33.8 Å². The molecule has 172 valence electrons. The van der Waals surface area contributed by atoms with Gasteiger partial charge < -0.3 is 14.2 Å². The van der Waals surface area contributed by atoms with Gasteiger partial charge >= 0.3 is 0 Å². The minimum absolute atomic E-state index is 0.0692. The lowest BCUT2D eigenvalue weighted by atomic mass is 10.1. The number of likely N-dealkylation sites (tertiary alicyclic amines) is 1. The summed E-state index contributed by atoms with van der Waals surface area (Å²) in [5, 5.41) is 14.7.